The maximum Gasteiger partial charge on any atom is 0.416 e. The molecular weight excluding hydrogens is 417 g/mol. The number of halogens is 3. The third-order valence-corrected chi connectivity index (χ3v) is 5.17. The molecule has 0 aliphatic carbocycles. The van der Waals surface area contributed by atoms with Crippen molar-refractivity contribution in [2.75, 3.05) is 16.4 Å². The maximum absolute atomic E-state index is 12.5. The highest BCUT2D eigenvalue weighted by Crippen LogP contribution is 2.30. The largest absolute Gasteiger partial charge is 0.459 e. The van der Waals surface area contributed by atoms with Crippen molar-refractivity contribution in [2.45, 2.75) is 10.5 Å². The van der Waals surface area contributed by atoms with Crippen molar-refractivity contribution in [2.24, 2.45) is 0 Å². The van der Waals surface area contributed by atoms with Crippen molar-refractivity contribution >= 4 is 45.7 Å². The Labute approximate surface area is 164 Å². The zero-order valence-corrected chi connectivity index (χ0v) is 15.5. The zero-order chi connectivity index (χ0) is 20.1. The predicted molar refractivity (Wildman–Crippen MR) is 97.4 cm³/mol. The fourth-order valence-electron chi connectivity index (χ4n) is 1.95. The van der Waals surface area contributed by atoms with Crippen molar-refractivity contribution in [3.05, 3.63) is 54.0 Å². The minimum atomic E-state index is -4.43. The first-order valence-corrected chi connectivity index (χ1v) is 9.40. The Bertz CT molecular complexity index is 956. The molecule has 3 aromatic rings. The van der Waals surface area contributed by atoms with Gasteiger partial charge in [-0.1, -0.05) is 23.1 Å². The Morgan fingerprint density at radius 3 is 2.50 bits per heavy atom. The number of thioether (sulfide) groups is 1. The zero-order valence-electron chi connectivity index (χ0n) is 13.8. The van der Waals surface area contributed by atoms with Gasteiger partial charge in [0.05, 0.1) is 17.6 Å². The highest BCUT2D eigenvalue weighted by Gasteiger charge is 2.30. The second-order valence-corrected chi connectivity index (χ2v) is 7.42. The standard InChI is InChI=1S/C16H11F3N4O3S2/c17-16(18,19)9-3-5-10(6-4-9)20-12(24)8-27-15-23-22-14(28-15)21-13(25)11-2-1-7-26-11/h1-7H,8H2,(H,20,24)(H,21,22,25). The first-order valence-electron chi connectivity index (χ1n) is 7.59. The van der Waals surface area contributed by atoms with Gasteiger partial charge in [0, 0.05) is 5.69 Å². The Morgan fingerprint density at radius 1 is 1.11 bits per heavy atom. The number of nitrogens with zero attached hydrogens (tertiary/aromatic N) is 2. The molecule has 3 rings (SSSR count). The summed E-state index contributed by atoms with van der Waals surface area (Å²) in [5, 5.41) is 12.9. The summed E-state index contributed by atoms with van der Waals surface area (Å²) >= 11 is 2.15. The van der Waals surface area contributed by atoms with E-state index in [4.69, 9.17) is 4.42 Å². The first kappa shape index (κ1) is 19.9. The van der Waals surface area contributed by atoms with Crippen molar-refractivity contribution in [1.82, 2.24) is 10.2 Å². The van der Waals surface area contributed by atoms with Crippen LogP contribution in [0.2, 0.25) is 0 Å². The highest BCUT2D eigenvalue weighted by molar-refractivity contribution is 8.01. The molecule has 0 bridgehead atoms. The minimum absolute atomic E-state index is 0.0260. The van der Waals surface area contributed by atoms with E-state index in [9.17, 15) is 22.8 Å². The summed E-state index contributed by atoms with van der Waals surface area (Å²) in [6.45, 7) is 0. The van der Waals surface area contributed by atoms with Gasteiger partial charge in [0.2, 0.25) is 11.0 Å². The van der Waals surface area contributed by atoms with Gasteiger partial charge in [-0.2, -0.15) is 13.2 Å². The number of hydrogen-bond donors (Lipinski definition) is 2. The molecule has 0 aliphatic rings. The van der Waals surface area contributed by atoms with Crippen LogP contribution in [0.5, 0.6) is 0 Å². The topological polar surface area (TPSA) is 97.1 Å². The van der Waals surface area contributed by atoms with E-state index in [2.05, 4.69) is 20.8 Å². The molecule has 0 saturated heterocycles. The lowest BCUT2D eigenvalue weighted by Gasteiger charge is -2.08. The van der Waals surface area contributed by atoms with Crippen molar-refractivity contribution < 1.29 is 27.2 Å². The average Bonchev–Trinajstić information content (AvgIpc) is 3.32. The summed E-state index contributed by atoms with van der Waals surface area (Å²) in [4.78, 5) is 23.8. The van der Waals surface area contributed by atoms with Crippen LogP contribution in [0.3, 0.4) is 0 Å². The number of carbonyl (C=O) groups is 2. The Kier molecular flexibility index (Phi) is 5.99. The first-order chi connectivity index (χ1) is 13.3. The van der Waals surface area contributed by atoms with Crippen LogP contribution in [0.25, 0.3) is 0 Å². The summed E-state index contributed by atoms with van der Waals surface area (Å²) in [7, 11) is 0. The van der Waals surface area contributed by atoms with E-state index in [1.165, 1.54) is 24.5 Å². The summed E-state index contributed by atoms with van der Waals surface area (Å²) in [6, 6.07) is 7.21. The summed E-state index contributed by atoms with van der Waals surface area (Å²) < 4.78 is 43.0. The SMILES string of the molecule is O=C(CSc1nnc(NC(=O)c2ccco2)s1)Nc1ccc(C(F)(F)F)cc1. The highest BCUT2D eigenvalue weighted by atomic mass is 32.2. The molecule has 28 heavy (non-hydrogen) atoms. The van der Waals surface area contributed by atoms with Crippen LogP contribution in [0.1, 0.15) is 16.1 Å². The van der Waals surface area contributed by atoms with Crippen LogP contribution >= 0.6 is 23.1 Å². The number of amides is 2. The van der Waals surface area contributed by atoms with E-state index < -0.39 is 23.6 Å². The second-order valence-electron chi connectivity index (χ2n) is 5.22. The third-order valence-electron chi connectivity index (χ3n) is 3.19. The number of rotatable bonds is 6. The van der Waals surface area contributed by atoms with E-state index in [0.29, 0.717) is 4.34 Å². The Morgan fingerprint density at radius 2 is 1.86 bits per heavy atom. The van der Waals surface area contributed by atoms with Crippen LogP contribution < -0.4 is 10.6 Å². The summed E-state index contributed by atoms with van der Waals surface area (Å²) in [5.41, 5.74) is -0.542. The van der Waals surface area contributed by atoms with Gasteiger partial charge in [-0.25, -0.2) is 0 Å². The number of benzene rings is 1. The molecule has 0 fully saturated rings. The van der Waals surface area contributed by atoms with E-state index in [1.807, 2.05) is 0 Å². The molecule has 2 aromatic heterocycles. The fourth-order valence-corrected chi connectivity index (χ4v) is 3.50. The van der Waals surface area contributed by atoms with Crippen molar-refractivity contribution in [1.29, 1.82) is 0 Å². The number of alkyl halides is 3. The molecule has 7 nitrogen and oxygen atoms in total. The van der Waals surface area contributed by atoms with Crippen LogP contribution in [0.4, 0.5) is 24.0 Å². The van der Waals surface area contributed by atoms with E-state index in [-0.39, 0.29) is 22.3 Å². The lowest BCUT2D eigenvalue weighted by atomic mass is 10.2. The average molecular weight is 428 g/mol. The normalized spacial score (nSPS) is 11.2. The molecule has 2 heterocycles. The van der Waals surface area contributed by atoms with Crippen LogP contribution in [0, 0.1) is 0 Å². The molecule has 0 atom stereocenters. The number of aromatic nitrogens is 2. The maximum atomic E-state index is 12.5. The van der Waals surface area contributed by atoms with E-state index in [1.54, 1.807) is 6.07 Å². The van der Waals surface area contributed by atoms with E-state index >= 15 is 0 Å². The lowest BCUT2D eigenvalue weighted by molar-refractivity contribution is -0.137. The van der Waals surface area contributed by atoms with Crippen molar-refractivity contribution in [3.63, 3.8) is 0 Å². The molecule has 12 heteroatoms. The fraction of sp³-hybridized carbons (Fsp3) is 0.125. The van der Waals surface area contributed by atoms with Gasteiger partial charge in [-0.05, 0) is 36.4 Å². The number of anilines is 2. The van der Waals surface area contributed by atoms with Gasteiger partial charge < -0.3 is 9.73 Å². The van der Waals surface area contributed by atoms with Crippen LogP contribution in [-0.2, 0) is 11.0 Å². The van der Waals surface area contributed by atoms with Crippen LogP contribution in [0.15, 0.2) is 51.4 Å². The Balaban J connectivity index is 1.48. The molecule has 1 aromatic carbocycles. The molecular formula is C16H11F3N4O3S2. The van der Waals surface area contributed by atoms with Gasteiger partial charge in [-0.15, -0.1) is 10.2 Å². The van der Waals surface area contributed by atoms with E-state index in [0.717, 1.165) is 35.2 Å². The number of hydrogen-bond acceptors (Lipinski definition) is 7. The van der Waals surface area contributed by atoms with Gasteiger partial charge in [0.25, 0.3) is 5.91 Å². The number of carbonyl (C=O) groups excluding carboxylic acids is 2. The quantitative estimate of drug-likeness (QED) is 0.453. The minimum Gasteiger partial charge on any atom is -0.459 e. The lowest BCUT2D eigenvalue weighted by Crippen LogP contribution is -2.14. The number of furan rings is 1. The molecule has 0 radical (unpaired) electrons. The second kappa shape index (κ2) is 8.44. The van der Waals surface area contributed by atoms with Crippen molar-refractivity contribution in [3.8, 4) is 0 Å². The molecule has 2 N–H and O–H groups in total. The smallest absolute Gasteiger partial charge is 0.416 e. The third kappa shape index (κ3) is 5.33. The molecule has 0 saturated carbocycles. The van der Waals surface area contributed by atoms with Gasteiger partial charge in [0.1, 0.15) is 0 Å². The summed E-state index contributed by atoms with van der Waals surface area (Å²) in [6.07, 6.45) is -3.06. The molecule has 0 unspecified atom stereocenters. The van der Waals surface area contributed by atoms with Gasteiger partial charge in [-0.3, -0.25) is 14.9 Å². The predicted octanol–water partition coefficient (Wildman–Crippen LogP) is 4.13. The summed E-state index contributed by atoms with van der Waals surface area (Å²) in [5.74, 6) is -0.791. The van der Waals surface area contributed by atoms with Gasteiger partial charge in [0.15, 0.2) is 10.1 Å². The molecule has 0 aliphatic heterocycles. The van der Waals surface area contributed by atoms with Gasteiger partial charge >= 0.3 is 6.18 Å². The number of nitrogens with one attached hydrogen (secondary N) is 2. The molecule has 146 valence electrons. The van der Waals surface area contributed by atoms with Crippen LogP contribution in [-0.4, -0.2) is 27.8 Å². The molecule has 0 spiro atoms. The molecule has 2 amide bonds. The monoisotopic (exact) mass is 428 g/mol. The Hall–Kier alpha value is -2.86.